The summed E-state index contributed by atoms with van der Waals surface area (Å²) < 4.78 is 11.3. The van der Waals surface area contributed by atoms with Crippen LogP contribution in [0.25, 0.3) is 11.5 Å². The molecular formula is C29H29N3O4. The Kier molecular flexibility index (Phi) is 7.28. The lowest BCUT2D eigenvalue weighted by Gasteiger charge is -2.21. The molecule has 1 fully saturated rings. The average molecular weight is 484 g/mol. The monoisotopic (exact) mass is 483 g/mol. The second-order valence-electron chi connectivity index (χ2n) is 9.04. The molecule has 1 saturated heterocycles. The standard InChI is InChI=1S/C29H29N3O4/c33-29(34)23-5-3-21(4-6-23)20-32-17-1-2-24(15-18-32)31-25-9-13-27(14-10-25)36-26-11-7-22(8-12-26)28-30-16-19-35-28/h3-14,16,19,24,31H,1-2,15,17-18,20H2,(H,33,34). The van der Waals surface area contributed by atoms with Gasteiger partial charge in [0.25, 0.3) is 0 Å². The minimum absolute atomic E-state index is 0.329. The van der Waals surface area contributed by atoms with Crippen LogP contribution in [0.5, 0.6) is 11.5 Å². The molecule has 3 aromatic carbocycles. The Morgan fingerprint density at radius 1 is 0.972 bits per heavy atom. The molecule has 1 aliphatic heterocycles. The fourth-order valence-corrected chi connectivity index (χ4v) is 4.49. The zero-order valence-corrected chi connectivity index (χ0v) is 20.0. The lowest BCUT2D eigenvalue weighted by Crippen LogP contribution is -2.26. The van der Waals surface area contributed by atoms with Crippen LogP contribution >= 0.6 is 0 Å². The maximum Gasteiger partial charge on any atom is 0.335 e. The third kappa shape index (κ3) is 6.12. The van der Waals surface area contributed by atoms with E-state index >= 15 is 0 Å². The first-order valence-electron chi connectivity index (χ1n) is 12.2. The van der Waals surface area contributed by atoms with Gasteiger partial charge in [0, 0.05) is 30.4 Å². The number of carboxylic acid groups (broad SMARTS) is 1. The highest BCUT2D eigenvalue weighted by molar-refractivity contribution is 5.87. The summed E-state index contributed by atoms with van der Waals surface area (Å²) >= 11 is 0. The van der Waals surface area contributed by atoms with Crippen molar-refractivity contribution in [3.8, 4) is 23.0 Å². The zero-order valence-electron chi connectivity index (χ0n) is 20.0. The van der Waals surface area contributed by atoms with Crippen molar-refractivity contribution < 1.29 is 19.1 Å². The second-order valence-corrected chi connectivity index (χ2v) is 9.04. The highest BCUT2D eigenvalue weighted by Gasteiger charge is 2.17. The number of aromatic nitrogens is 1. The fourth-order valence-electron chi connectivity index (χ4n) is 4.49. The lowest BCUT2D eigenvalue weighted by molar-refractivity contribution is 0.0697. The Balaban J connectivity index is 1.11. The van der Waals surface area contributed by atoms with Gasteiger partial charge in [0.2, 0.25) is 5.89 Å². The number of rotatable bonds is 8. The van der Waals surface area contributed by atoms with Gasteiger partial charge in [-0.2, -0.15) is 0 Å². The molecule has 0 amide bonds. The van der Waals surface area contributed by atoms with Gasteiger partial charge in [-0.3, -0.25) is 4.90 Å². The third-order valence-corrected chi connectivity index (χ3v) is 6.42. The second kappa shape index (κ2) is 11.1. The molecule has 184 valence electrons. The van der Waals surface area contributed by atoms with Crippen molar-refractivity contribution in [1.82, 2.24) is 9.88 Å². The number of hydrogen-bond acceptors (Lipinski definition) is 6. The summed E-state index contributed by atoms with van der Waals surface area (Å²) in [6, 6.07) is 23.4. The van der Waals surface area contributed by atoms with Gasteiger partial charge in [-0.05, 0) is 92.0 Å². The number of anilines is 1. The normalized spacial score (nSPS) is 16.3. The molecule has 0 bridgehead atoms. The Bertz CT molecular complexity index is 1250. The Morgan fingerprint density at radius 3 is 2.36 bits per heavy atom. The summed E-state index contributed by atoms with van der Waals surface area (Å²) in [4.78, 5) is 17.7. The number of nitrogens with one attached hydrogen (secondary N) is 1. The Labute approximate surface area is 210 Å². The van der Waals surface area contributed by atoms with E-state index in [-0.39, 0.29) is 0 Å². The predicted octanol–water partition coefficient (Wildman–Crippen LogP) is 6.30. The van der Waals surface area contributed by atoms with Crippen molar-refractivity contribution in [3.05, 3.63) is 96.4 Å². The van der Waals surface area contributed by atoms with Gasteiger partial charge >= 0.3 is 5.97 Å². The van der Waals surface area contributed by atoms with Crippen LogP contribution in [0.3, 0.4) is 0 Å². The number of oxazole rings is 1. The molecule has 5 rings (SSSR count). The molecule has 4 aromatic rings. The van der Waals surface area contributed by atoms with Crippen LogP contribution < -0.4 is 10.1 Å². The number of carboxylic acids is 1. The van der Waals surface area contributed by atoms with Gasteiger partial charge in [0.1, 0.15) is 17.8 Å². The van der Waals surface area contributed by atoms with E-state index in [0.717, 1.165) is 67.2 Å². The molecule has 1 aliphatic rings. The van der Waals surface area contributed by atoms with E-state index in [1.54, 1.807) is 24.6 Å². The lowest BCUT2D eigenvalue weighted by atomic mass is 10.1. The quantitative estimate of drug-likeness (QED) is 0.304. The van der Waals surface area contributed by atoms with Crippen LogP contribution in [0.4, 0.5) is 5.69 Å². The highest BCUT2D eigenvalue weighted by atomic mass is 16.5. The molecule has 36 heavy (non-hydrogen) atoms. The molecule has 1 atom stereocenters. The summed E-state index contributed by atoms with van der Waals surface area (Å²) in [7, 11) is 0. The van der Waals surface area contributed by atoms with E-state index in [4.69, 9.17) is 14.3 Å². The number of ether oxygens (including phenoxy) is 1. The summed E-state index contributed by atoms with van der Waals surface area (Å²) in [6.07, 6.45) is 6.48. The van der Waals surface area contributed by atoms with E-state index in [1.807, 2.05) is 48.5 Å². The molecule has 2 N–H and O–H groups in total. The van der Waals surface area contributed by atoms with Crippen molar-refractivity contribution in [2.24, 2.45) is 0 Å². The van der Waals surface area contributed by atoms with Crippen molar-refractivity contribution in [2.45, 2.75) is 31.8 Å². The maximum absolute atomic E-state index is 11.1. The molecule has 0 saturated carbocycles. The molecule has 0 aliphatic carbocycles. The molecule has 7 heteroatoms. The number of benzene rings is 3. The predicted molar refractivity (Wildman–Crippen MR) is 138 cm³/mol. The van der Waals surface area contributed by atoms with Crippen LogP contribution in [-0.2, 0) is 6.54 Å². The van der Waals surface area contributed by atoms with E-state index in [2.05, 4.69) is 27.3 Å². The Hall–Kier alpha value is -4.10. The molecule has 0 spiro atoms. The minimum Gasteiger partial charge on any atom is -0.478 e. The number of hydrogen-bond donors (Lipinski definition) is 2. The molecule has 1 aromatic heterocycles. The molecule has 0 radical (unpaired) electrons. The van der Waals surface area contributed by atoms with E-state index in [9.17, 15) is 4.79 Å². The number of nitrogens with zero attached hydrogens (tertiary/aromatic N) is 2. The average Bonchev–Trinajstić information content (AvgIpc) is 3.35. The van der Waals surface area contributed by atoms with Crippen LogP contribution in [0.1, 0.15) is 35.2 Å². The van der Waals surface area contributed by atoms with E-state index in [0.29, 0.717) is 17.5 Å². The summed E-state index contributed by atoms with van der Waals surface area (Å²) in [5.41, 5.74) is 3.47. The molecule has 1 unspecified atom stereocenters. The summed E-state index contributed by atoms with van der Waals surface area (Å²) in [5, 5.41) is 12.8. The Morgan fingerprint density at radius 2 is 1.69 bits per heavy atom. The van der Waals surface area contributed by atoms with Crippen molar-refractivity contribution in [1.29, 1.82) is 0 Å². The minimum atomic E-state index is -0.887. The smallest absolute Gasteiger partial charge is 0.335 e. The zero-order chi connectivity index (χ0) is 24.7. The van der Waals surface area contributed by atoms with Gasteiger partial charge in [-0.25, -0.2) is 9.78 Å². The van der Waals surface area contributed by atoms with Crippen molar-refractivity contribution in [2.75, 3.05) is 18.4 Å². The largest absolute Gasteiger partial charge is 0.478 e. The van der Waals surface area contributed by atoms with Crippen LogP contribution in [-0.4, -0.2) is 40.1 Å². The van der Waals surface area contributed by atoms with Crippen LogP contribution in [0.15, 0.2) is 89.7 Å². The molecule has 7 nitrogen and oxygen atoms in total. The first-order valence-corrected chi connectivity index (χ1v) is 12.2. The molecular weight excluding hydrogens is 454 g/mol. The first kappa shape index (κ1) is 23.6. The fraction of sp³-hybridized carbons (Fsp3) is 0.241. The van der Waals surface area contributed by atoms with E-state index < -0.39 is 5.97 Å². The summed E-state index contributed by atoms with van der Waals surface area (Å²) in [6.45, 7) is 2.89. The van der Waals surface area contributed by atoms with E-state index in [1.165, 1.54) is 0 Å². The van der Waals surface area contributed by atoms with Gasteiger partial charge in [-0.1, -0.05) is 12.1 Å². The van der Waals surface area contributed by atoms with Gasteiger partial charge in [0.05, 0.1) is 11.8 Å². The third-order valence-electron chi connectivity index (χ3n) is 6.42. The highest BCUT2D eigenvalue weighted by Crippen LogP contribution is 2.27. The number of likely N-dealkylation sites (tertiary alicyclic amines) is 1. The number of aromatic carboxylic acids is 1. The molecule has 2 heterocycles. The van der Waals surface area contributed by atoms with Crippen LogP contribution in [0.2, 0.25) is 0 Å². The topological polar surface area (TPSA) is 87.8 Å². The van der Waals surface area contributed by atoms with Crippen molar-refractivity contribution >= 4 is 11.7 Å². The first-order chi connectivity index (χ1) is 17.6. The summed E-state index contributed by atoms with van der Waals surface area (Å²) in [5.74, 6) is 1.24. The van der Waals surface area contributed by atoms with Gasteiger partial charge in [-0.15, -0.1) is 0 Å². The van der Waals surface area contributed by atoms with Gasteiger partial charge in [0.15, 0.2) is 0 Å². The maximum atomic E-state index is 11.1. The van der Waals surface area contributed by atoms with Gasteiger partial charge < -0.3 is 19.6 Å². The number of carbonyl (C=O) groups is 1. The SMILES string of the molecule is O=C(O)c1ccc(CN2CCCC(Nc3ccc(Oc4ccc(-c5ncco5)cc4)cc3)CC2)cc1. The van der Waals surface area contributed by atoms with Crippen molar-refractivity contribution in [3.63, 3.8) is 0 Å². The van der Waals surface area contributed by atoms with Crippen LogP contribution in [0, 0.1) is 0 Å².